The molecular weight excluding hydrogens is 422 g/mol. The Bertz CT molecular complexity index is 1310. The zero-order valence-corrected chi connectivity index (χ0v) is 18.0. The Morgan fingerprint density at radius 2 is 1.33 bits per heavy atom. The highest BCUT2D eigenvalue weighted by molar-refractivity contribution is 6.34. The molecule has 0 saturated carbocycles. The number of ketones is 2. The first-order valence-corrected chi connectivity index (χ1v) is 10.2. The van der Waals surface area contributed by atoms with E-state index in [-0.39, 0.29) is 28.3 Å². The lowest BCUT2D eigenvalue weighted by atomic mass is 10.1. The zero-order chi connectivity index (χ0) is 23.7. The standard InChI is InChI=1S/C26H19NO6/c1-15-3-5-18(6-4-15)23(29)14-33-26(32)19-9-12-21-22(13-19)25(31)27(24(21)30)20-10-7-17(8-11-20)16(2)28/h3-13H,14H2,1-2H3. The second-order valence-electron chi connectivity index (χ2n) is 7.67. The van der Waals surface area contributed by atoms with Crippen LogP contribution in [-0.2, 0) is 4.74 Å². The summed E-state index contributed by atoms with van der Waals surface area (Å²) < 4.78 is 5.11. The minimum atomic E-state index is -0.775. The molecule has 1 aliphatic heterocycles. The third-order valence-electron chi connectivity index (χ3n) is 5.36. The molecule has 2 amide bonds. The predicted molar refractivity (Wildman–Crippen MR) is 120 cm³/mol. The minimum Gasteiger partial charge on any atom is -0.454 e. The van der Waals surface area contributed by atoms with Gasteiger partial charge in [-0.25, -0.2) is 9.69 Å². The Balaban J connectivity index is 1.50. The van der Waals surface area contributed by atoms with Crippen LogP contribution in [0.4, 0.5) is 5.69 Å². The molecule has 0 fully saturated rings. The topological polar surface area (TPSA) is 97.8 Å². The number of amides is 2. The van der Waals surface area contributed by atoms with Crippen molar-refractivity contribution in [3.63, 3.8) is 0 Å². The third-order valence-corrected chi connectivity index (χ3v) is 5.36. The normalized spacial score (nSPS) is 12.5. The quantitative estimate of drug-likeness (QED) is 0.325. The number of fused-ring (bicyclic) bond motifs is 1. The van der Waals surface area contributed by atoms with E-state index in [2.05, 4.69) is 0 Å². The van der Waals surface area contributed by atoms with Crippen molar-refractivity contribution in [1.82, 2.24) is 0 Å². The number of nitrogens with zero attached hydrogens (tertiary/aromatic N) is 1. The van der Waals surface area contributed by atoms with Gasteiger partial charge in [0, 0.05) is 11.1 Å². The van der Waals surface area contributed by atoms with Gasteiger partial charge in [0.25, 0.3) is 11.8 Å². The van der Waals surface area contributed by atoms with Crippen LogP contribution in [0.15, 0.2) is 66.7 Å². The first kappa shape index (κ1) is 21.8. The summed E-state index contributed by atoms with van der Waals surface area (Å²) in [7, 11) is 0. The fourth-order valence-electron chi connectivity index (χ4n) is 3.48. The fraction of sp³-hybridized carbons (Fsp3) is 0.115. The number of anilines is 1. The maximum Gasteiger partial charge on any atom is 0.338 e. The molecule has 0 unspecified atom stereocenters. The lowest BCUT2D eigenvalue weighted by molar-refractivity contribution is 0.0474. The van der Waals surface area contributed by atoms with Gasteiger partial charge in [0.15, 0.2) is 18.2 Å². The number of benzene rings is 3. The fourth-order valence-corrected chi connectivity index (χ4v) is 3.48. The summed E-state index contributed by atoms with van der Waals surface area (Å²) in [6, 6.07) is 17.1. The molecule has 1 aliphatic rings. The van der Waals surface area contributed by atoms with Gasteiger partial charge in [0.1, 0.15) is 0 Å². The van der Waals surface area contributed by atoms with Gasteiger partial charge in [-0.15, -0.1) is 0 Å². The van der Waals surface area contributed by atoms with Gasteiger partial charge in [-0.1, -0.05) is 29.8 Å². The summed E-state index contributed by atoms with van der Waals surface area (Å²) >= 11 is 0. The largest absolute Gasteiger partial charge is 0.454 e. The third kappa shape index (κ3) is 4.21. The molecule has 4 rings (SSSR count). The molecule has 7 nitrogen and oxygen atoms in total. The lowest BCUT2D eigenvalue weighted by Gasteiger charge is -2.13. The molecule has 164 valence electrons. The van der Waals surface area contributed by atoms with E-state index in [9.17, 15) is 24.0 Å². The van der Waals surface area contributed by atoms with Crippen LogP contribution in [0, 0.1) is 6.92 Å². The monoisotopic (exact) mass is 441 g/mol. The molecule has 3 aromatic rings. The van der Waals surface area contributed by atoms with Crippen LogP contribution in [0.2, 0.25) is 0 Å². The number of hydrogen-bond donors (Lipinski definition) is 0. The van der Waals surface area contributed by atoms with E-state index >= 15 is 0 Å². The molecule has 7 heteroatoms. The summed E-state index contributed by atoms with van der Waals surface area (Å²) in [5.74, 6) is -2.37. The zero-order valence-electron chi connectivity index (χ0n) is 18.0. The summed E-state index contributed by atoms with van der Waals surface area (Å²) in [5.41, 5.74) is 2.48. The Kier molecular flexibility index (Phi) is 5.70. The average molecular weight is 441 g/mol. The number of ether oxygens (including phenoxy) is 1. The molecule has 1 heterocycles. The smallest absolute Gasteiger partial charge is 0.338 e. The van der Waals surface area contributed by atoms with Crippen molar-refractivity contribution in [1.29, 1.82) is 0 Å². The molecule has 0 spiro atoms. The van der Waals surface area contributed by atoms with Gasteiger partial charge in [0.05, 0.1) is 22.4 Å². The van der Waals surface area contributed by atoms with Gasteiger partial charge in [0.2, 0.25) is 0 Å². The summed E-state index contributed by atoms with van der Waals surface area (Å²) in [5, 5.41) is 0. The van der Waals surface area contributed by atoms with E-state index in [1.807, 2.05) is 6.92 Å². The highest BCUT2D eigenvalue weighted by Crippen LogP contribution is 2.29. The number of Topliss-reactive ketones (excluding diaryl/α,β-unsaturated/α-hetero) is 2. The molecule has 0 N–H and O–H groups in total. The van der Waals surface area contributed by atoms with E-state index in [0.717, 1.165) is 10.5 Å². The number of rotatable bonds is 6. The van der Waals surface area contributed by atoms with Crippen molar-refractivity contribution in [2.24, 2.45) is 0 Å². The van der Waals surface area contributed by atoms with Crippen molar-refractivity contribution in [2.45, 2.75) is 13.8 Å². The van der Waals surface area contributed by atoms with Gasteiger partial charge < -0.3 is 4.74 Å². The second kappa shape index (κ2) is 8.63. The second-order valence-corrected chi connectivity index (χ2v) is 7.67. The van der Waals surface area contributed by atoms with E-state index in [0.29, 0.717) is 16.8 Å². The van der Waals surface area contributed by atoms with E-state index in [1.165, 1.54) is 49.4 Å². The highest BCUT2D eigenvalue weighted by atomic mass is 16.5. The van der Waals surface area contributed by atoms with Gasteiger partial charge >= 0.3 is 5.97 Å². The van der Waals surface area contributed by atoms with E-state index < -0.39 is 24.4 Å². The van der Waals surface area contributed by atoms with Gasteiger partial charge in [-0.2, -0.15) is 0 Å². The molecule has 0 atom stereocenters. The molecule has 0 aromatic heterocycles. The van der Waals surface area contributed by atoms with Crippen molar-refractivity contribution >= 4 is 35.0 Å². The maximum absolute atomic E-state index is 12.9. The van der Waals surface area contributed by atoms with Crippen LogP contribution in [-0.4, -0.2) is 36.0 Å². The van der Waals surface area contributed by atoms with E-state index in [4.69, 9.17) is 4.74 Å². The molecule has 0 bridgehead atoms. The van der Waals surface area contributed by atoms with Crippen LogP contribution in [0.1, 0.15) is 64.3 Å². The number of imide groups is 1. The van der Waals surface area contributed by atoms with Crippen LogP contribution in [0.3, 0.4) is 0 Å². The van der Waals surface area contributed by atoms with Crippen LogP contribution in [0.25, 0.3) is 0 Å². The molecule has 3 aromatic carbocycles. The molecule has 0 aliphatic carbocycles. The lowest BCUT2D eigenvalue weighted by Crippen LogP contribution is -2.29. The Labute approximate surface area is 189 Å². The first-order chi connectivity index (χ1) is 15.8. The Hall–Kier alpha value is -4.39. The maximum atomic E-state index is 12.9. The number of carbonyl (C=O) groups excluding carboxylic acids is 5. The Morgan fingerprint density at radius 1 is 0.758 bits per heavy atom. The average Bonchev–Trinajstić information content (AvgIpc) is 3.07. The van der Waals surface area contributed by atoms with Gasteiger partial charge in [-0.05, 0) is 56.3 Å². The van der Waals surface area contributed by atoms with Gasteiger partial charge in [-0.3, -0.25) is 19.2 Å². The molecule has 0 radical (unpaired) electrons. The molecule has 0 saturated heterocycles. The SMILES string of the molecule is CC(=O)c1ccc(N2C(=O)c3ccc(C(=O)OCC(=O)c4ccc(C)cc4)cc3C2=O)cc1. The number of hydrogen-bond acceptors (Lipinski definition) is 6. The van der Waals surface area contributed by atoms with Crippen molar-refractivity contribution in [2.75, 3.05) is 11.5 Å². The Morgan fingerprint density at radius 3 is 1.97 bits per heavy atom. The van der Waals surface area contributed by atoms with E-state index in [1.54, 1.807) is 24.3 Å². The first-order valence-electron chi connectivity index (χ1n) is 10.2. The van der Waals surface area contributed by atoms with Crippen LogP contribution < -0.4 is 4.90 Å². The van der Waals surface area contributed by atoms with Crippen molar-refractivity contribution < 1.29 is 28.7 Å². The number of aryl methyl sites for hydroxylation is 1. The number of esters is 1. The summed E-state index contributed by atoms with van der Waals surface area (Å²) in [6.07, 6.45) is 0. The highest BCUT2D eigenvalue weighted by Gasteiger charge is 2.37. The van der Waals surface area contributed by atoms with Crippen molar-refractivity contribution in [3.8, 4) is 0 Å². The summed E-state index contributed by atoms with van der Waals surface area (Å²) in [6.45, 7) is 2.88. The van der Waals surface area contributed by atoms with Crippen molar-refractivity contribution in [3.05, 3.63) is 100 Å². The predicted octanol–water partition coefficient (Wildman–Crippen LogP) is 4.04. The minimum absolute atomic E-state index is 0.0559. The molecular formula is C26H19NO6. The van der Waals surface area contributed by atoms with Crippen LogP contribution >= 0.6 is 0 Å². The molecule has 33 heavy (non-hydrogen) atoms. The van der Waals surface area contributed by atoms with Crippen LogP contribution in [0.5, 0.6) is 0 Å². The summed E-state index contributed by atoms with van der Waals surface area (Å²) in [4.78, 5) is 62.8. The number of carbonyl (C=O) groups is 5.